The van der Waals surface area contributed by atoms with Crippen molar-refractivity contribution in [3.05, 3.63) is 15.6 Å². The zero-order valence-electron chi connectivity index (χ0n) is 11.6. The van der Waals surface area contributed by atoms with Crippen molar-refractivity contribution >= 4 is 21.2 Å². The number of nitrogens with zero attached hydrogens (tertiary/aromatic N) is 1. The van der Waals surface area contributed by atoms with Gasteiger partial charge in [0.05, 0.1) is 10.9 Å². The van der Waals surface area contributed by atoms with Gasteiger partial charge in [-0.05, 0) is 26.7 Å². The van der Waals surface area contributed by atoms with E-state index in [1.165, 1.54) is 11.3 Å². The Morgan fingerprint density at radius 1 is 1.22 bits per heavy atom. The van der Waals surface area contributed by atoms with Gasteiger partial charge >= 0.3 is 0 Å². The average Bonchev–Trinajstić information content (AvgIpc) is 2.60. The molecule has 0 radical (unpaired) electrons. The lowest BCUT2D eigenvalue weighted by atomic mass is 10.1. The molecule has 4 nitrogen and oxygen atoms in total. The van der Waals surface area contributed by atoms with E-state index in [-0.39, 0.29) is 23.0 Å². The van der Waals surface area contributed by atoms with Gasteiger partial charge in [0.2, 0.25) is 0 Å². The van der Waals surface area contributed by atoms with Crippen molar-refractivity contribution in [2.45, 2.75) is 57.6 Å². The fourth-order valence-corrected chi connectivity index (χ4v) is 3.97. The molecule has 1 aromatic rings. The molecule has 104 valence electrons. The summed E-state index contributed by atoms with van der Waals surface area (Å²) in [5.74, 6) is 0.277. The number of rotatable bonds is 5. The van der Waals surface area contributed by atoms with Gasteiger partial charge in [0.15, 0.2) is 9.84 Å². The van der Waals surface area contributed by atoms with E-state index in [2.05, 4.69) is 4.98 Å². The molecule has 0 aliphatic rings. The molecule has 1 heterocycles. The zero-order valence-corrected chi connectivity index (χ0v) is 13.2. The van der Waals surface area contributed by atoms with E-state index in [1.807, 2.05) is 20.8 Å². The van der Waals surface area contributed by atoms with E-state index < -0.39 is 9.84 Å². The van der Waals surface area contributed by atoms with Crippen LogP contribution in [-0.4, -0.2) is 18.7 Å². The van der Waals surface area contributed by atoms with Crippen molar-refractivity contribution in [3.8, 4) is 0 Å². The highest BCUT2D eigenvalue weighted by Crippen LogP contribution is 2.30. The van der Waals surface area contributed by atoms with E-state index in [9.17, 15) is 8.42 Å². The number of aromatic nitrogens is 1. The smallest absolute Gasteiger partial charge is 0.159 e. The summed E-state index contributed by atoms with van der Waals surface area (Å²) in [7, 11) is -3.10. The molecule has 2 N–H and O–H groups in total. The molecule has 0 saturated carbocycles. The largest absolute Gasteiger partial charge is 0.323 e. The monoisotopic (exact) mass is 290 g/mol. The molecule has 1 unspecified atom stereocenters. The normalized spacial score (nSPS) is 14.4. The molecule has 1 atom stereocenters. The summed E-state index contributed by atoms with van der Waals surface area (Å²) in [5.41, 5.74) is 6.84. The van der Waals surface area contributed by atoms with Crippen LogP contribution in [0.1, 0.15) is 62.2 Å². The summed E-state index contributed by atoms with van der Waals surface area (Å²) >= 11 is 1.42. The molecule has 0 bridgehead atoms. The van der Waals surface area contributed by atoms with Gasteiger partial charge in [0.1, 0.15) is 10.8 Å². The van der Waals surface area contributed by atoms with Gasteiger partial charge in [-0.2, -0.15) is 0 Å². The lowest BCUT2D eigenvalue weighted by molar-refractivity contribution is 0.586. The van der Waals surface area contributed by atoms with Crippen LogP contribution in [0.3, 0.4) is 0 Å². The van der Waals surface area contributed by atoms with Gasteiger partial charge in [-0.25, -0.2) is 13.4 Å². The highest BCUT2D eigenvalue weighted by atomic mass is 32.2. The molecule has 6 heteroatoms. The number of sulfone groups is 1. The maximum Gasteiger partial charge on any atom is 0.159 e. The van der Waals surface area contributed by atoms with Gasteiger partial charge in [0, 0.05) is 10.9 Å². The van der Waals surface area contributed by atoms with Gasteiger partial charge in [-0.3, -0.25) is 0 Å². The van der Waals surface area contributed by atoms with Gasteiger partial charge in [0.25, 0.3) is 0 Å². The van der Waals surface area contributed by atoms with E-state index in [1.54, 1.807) is 13.8 Å². The highest BCUT2D eigenvalue weighted by molar-refractivity contribution is 7.91. The van der Waals surface area contributed by atoms with Gasteiger partial charge < -0.3 is 5.73 Å². The SMILES string of the molecule is CC(C)c1nc(CS(=O)(=O)C(C)C)sc1C(C)N. The predicted molar refractivity (Wildman–Crippen MR) is 76.6 cm³/mol. The van der Waals surface area contributed by atoms with Crippen LogP contribution >= 0.6 is 11.3 Å². The van der Waals surface area contributed by atoms with Crippen molar-refractivity contribution in [3.63, 3.8) is 0 Å². The van der Waals surface area contributed by atoms with Crippen molar-refractivity contribution < 1.29 is 8.42 Å². The first-order chi connectivity index (χ1) is 8.15. The summed E-state index contributed by atoms with van der Waals surface area (Å²) in [4.78, 5) is 5.46. The molecule has 1 aromatic heterocycles. The molecule has 0 aromatic carbocycles. The highest BCUT2D eigenvalue weighted by Gasteiger charge is 2.22. The molecule has 18 heavy (non-hydrogen) atoms. The summed E-state index contributed by atoms with van der Waals surface area (Å²) in [6.45, 7) is 9.38. The molecule has 0 saturated heterocycles. The Bertz CT molecular complexity index is 477. The Labute approximate surface area is 114 Å². The summed E-state index contributed by atoms with van der Waals surface area (Å²) in [5, 5.41) is 0.280. The maximum absolute atomic E-state index is 11.9. The Morgan fingerprint density at radius 3 is 2.11 bits per heavy atom. The second-order valence-corrected chi connectivity index (χ2v) is 8.83. The van der Waals surface area contributed by atoms with Crippen LogP contribution in [0.25, 0.3) is 0 Å². The number of hydrogen-bond donors (Lipinski definition) is 1. The summed E-state index contributed by atoms with van der Waals surface area (Å²) in [6, 6.07) is -0.101. The fourth-order valence-electron chi connectivity index (χ4n) is 1.53. The van der Waals surface area contributed by atoms with Crippen LogP contribution in [0.15, 0.2) is 0 Å². The van der Waals surface area contributed by atoms with E-state index >= 15 is 0 Å². The van der Waals surface area contributed by atoms with Crippen LogP contribution in [0.5, 0.6) is 0 Å². The lowest BCUT2D eigenvalue weighted by Gasteiger charge is -2.07. The van der Waals surface area contributed by atoms with Crippen molar-refractivity contribution in [1.82, 2.24) is 4.98 Å². The third kappa shape index (κ3) is 3.52. The molecule has 1 rings (SSSR count). The minimum absolute atomic E-state index is 0.0156. The van der Waals surface area contributed by atoms with Crippen LogP contribution in [0.2, 0.25) is 0 Å². The third-order valence-electron chi connectivity index (χ3n) is 2.73. The van der Waals surface area contributed by atoms with E-state index in [0.29, 0.717) is 5.01 Å². The second kappa shape index (κ2) is 5.67. The van der Waals surface area contributed by atoms with E-state index in [4.69, 9.17) is 5.73 Å². The van der Waals surface area contributed by atoms with Crippen molar-refractivity contribution in [2.24, 2.45) is 5.73 Å². The molecule has 0 spiro atoms. The van der Waals surface area contributed by atoms with Crippen LogP contribution < -0.4 is 5.73 Å². The first kappa shape index (κ1) is 15.6. The fraction of sp³-hybridized carbons (Fsp3) is 0.750. The Balaban J connectivity index is 3.10. The zero-order chi connectivity index (χ0) is 14.1. The first-order valence-electron chi connectivity index (χ1n) is 6.11. The molecule has 0 aliphatic carbocycles. The Hall–Kier alpha value is -0.460. The average molecular weight is 290 g/mol. The molecular weight excluding hydrogens is 268 g/mol. The first-order valence-corrected chi connectivity index (χ1v) is 8.65. The van der Waals surface area contributed by atoms with Crippen LogP contribution in [0, 0.1) is 0 Å². The van der Waals surface area contributed by atoms with Crippen LogP contribution in [0.4, 0.5) is 0 Å². The number of nitrogens with two attached hydrogens (primary N) is 1. The standard InChI is InChI=1S/C12H22N2O2S2/c1-7(2)11-12(9(5)13)17-10(14-11)6-18(15,16)8(3)4/h7-9H,6,13H2,1-5H3. The summed E-state index contributed by atoms with van der Waals surface area (Å²) in [6.07, 6.45) is 0. The quantitative estimate of drug-likeness (QED) is 0.904. The van der Waals surface area contributed by atoms with Crippen molar-refractivity contribution in [1.29, 1.82) is 0 Å². The van der Waals surface area contributed by atoms with Gasteiger partial charge in [-0.15, -0.1) is 11.3 Å². The predicted octanol–water partition coefficient (Wildman–Crippen LogP) is 2.61. The number of hydrogen-bond acceptors (Lipinski definition) is 5. The molecular formula is C12H22N2O2S2. The van der Waals surface area contributed by atoms with E-state index in [0.717, 1.165) is 10.6 Å². The topological polar surface area (TPSA) is 73.0 Å². The maximum atomic E-state index is 11.9. The van der Waals surface area contributed by atoms with Gasteiger partial charge in [-0.1, -0.05) is 13.8 Å². The second-order valence-electron chi connectivity index (χ2n) is 5.16. The minimum atomic E-state index is -3.10. The summed E-state index contributed by atoms with van der Waals surface area (Å²) < 4.78 is 23.8. The third-order valence-corrected chi connectivity index (χ3v) is 6.30. The Morgan fingerprint density at radius 2 is 1.78 bits per heavy atom. The molecule has 0 aliphatic heterocycles. The molecule has 0 amide bonds. The molecule has 0 fully saturated rings. The minimum Gasteiger partial charge on any atom is -0.323 e. The van der Waals surface area contributed by atoms with Crippen LogP contribution in [-0.2, 0) is 15.6 Å². The van der Waals surface area contributed by atoms with Crippen molar-refractivity contribution in [2.75, 3.05) is 0 Å². The number of thiazole rings is 1. The lowest BCUT2D eigenvalue weighted by Crippen LogP contribution is -2.15. The Kier molecular flexibility index (Phi) is 4.91.